The Morgan fingerprint density at radius 1 is 1.22 bits per heavy atom. The summed E-state index contributed by atoms with van der Waals surface area (Å²) in [4.78, 5) is 24.9. The zero-order valence-electron chi connectivity index (χ0n) is 10.5. The minimum atomic E-state index is -0.649. The number of carbonyl (C=O) groups excluding carboxylic acids is 2. The molecule has 0 atom stereocenters. The highest BCUT2D eigenvalue weighted by molar-refractivity contribution is 5.75. The second-order valence-electron chi connectivity index (χ2n) is 3.26. The largest absolute Gasteiger partial charge is 1.00 e. The summed E-state index contributed by atoms with van der Waals surface area (Å²) in [7, 11) is 2.50. The fraction of sp³-hybridized carbons (Fsp3) is 0.444. The monoisotopic (exact) mass is 322 g/mol. The van der Waals surface area contributed by atoms with Gasteiger partial charge in [-0.3, -0.25) is 0 Å². The third-order valence-corrected chi connectivity index (χ3v) is 2.05. The zero-order chi connectivity index (χ0) is 13.0. The number of nitrogens with one attached hydrogen (secondary N) is 2. The van der Waals surface area contributed by atoms with E-state index in [1.807, 2.05) is 0 Å². The summed E-state index contributed by atoms with van der Waals surface area (Å²) in [6.45, 7) is 3.52. The normalized spacial score (nSPS) is 9.11. The molecule has 1 aromatic heterocycles. The standard InChI is InChI=1S/C9H14N4O4.BrH/c1-6-5-7(2)13(11-9(15)17-4)12(6)10-8(14)16-3;/h5H,1-4H3,(H-,10,11,14,15);1H. The Hall–Kier alpha value is -1.77. The summed E-state index contributed by atoms with van der Waals surface area (Å²) in [6, 6.07) is 1.77. The van der Waals surface area contributed by atoms with Gasteiger partial charge in [0.25, 0.3) is 0 Å². The van der Waals surface area contributed by atoms with E-state index in [-0.39, 0.29) is 17.0 Å². The molecule has 2 amide bonds. The van der Waals surface area contributed by atoms with Gasteiger partial charge in [-0.25, -0.2) is 4.79 Å². The lowest BCUT2D eigenvalue weighted by molar-refractivity contribution is -0.727. The predicted molar refractivity (Wildman–Crippen MR) is 57.6 cm³/mol. The number of hydrogen-bond acceptors (Lipinski definition) is 4. The summed E-state index contributed by atoms with van der Waals surface area (Å²) in [6.07, 6.45) is -1.30. The second kappa shape index (κ2) is 6.84. The summed E-state index contributed by atoms with van der Waals surface area (Å²) >= 11 is 0. The smallest absolute Gasteiger partial charge is 0.523 e. The van der Waals surface area contributed by atoms with Gasteiger partial charge < -0.3 is 26.5 Å². The lowest BCUT2D eigenvalue weighted by Crippen LogP contribution is -3.00. The Morgan fingerprint density at radius 3 is 2.28 bits per heavy atom. The van der Waals surface area contributed by atoms with Crippen molar-refractivity contribution in [1.29, 1.82) is 0 Å². The van der Waals surface area contributed by atoms with E-state index < -0.39 is 12.2 Å². The van der Waals surface area contributed by atoms with Crippen molar-refractivity contribution in [3.05, 3.63) is 17.5 Å². The Labute approximate surface area is 115 Å². The molecule has 1 rings (SSSR count). The van der Waals surface area contributed by atoms with Gasteiger partial charge in [-0.1, -0.05) is 5.43 Å². The fourth-order valence-electron chi connectivity index (χ4n) is 1.28. The Morgan fingerprint density at radius 2 is 1.78 bits per heavy atom. The number of amides is 2. The Kier molecular flexibility index (Phi) is 6.17. The number of methoxy groups -OCH3 is 2. The van der Waals surface area contributed by atoms with E-state index >= 15 is 0 Å². The molecule has 102 valence electrons. The molecular formula is C9H15BrN4O4. The maximum atomic E-state index is 11.1. The molecule has 0 unspecified atom stereocenters. The first-order valence-corrected chi connectivity index (χ1v) is 4.80. The number of carbonyl (C=O) groups is 2. The van der Waals surface area contributed by atoms with Crippen LogP contribution in [0.2, 0.25) is 0 Å². The summed E-state index contributed by atoms with van der Waals surface area (Å²) < 4.78 is 8.95. The van der Waals surface area contributed by atoms with Gasteiger partial charge in [0.2, 0.25) is 0 Å². The van der Waals surface area contributed by atoms with Crippen molar-refractivity contribution in [2.24, 2.45) is 0 Å². The van der Waals surface area contributed by atoms with Crippen molar-refractivity contribution in [3.8, 4) is 0 Å². The number of ether oxygens (including phenoxy) is 2. The van der Waals surface area contributed by atoms with Gasteiger partial charge in [0.1, 0.15) is 5.69 Å². The van der Waals surface area contributed by atoms with Crippen molar-refractivity contribution < 1.29 is 40.8 Å². The molecule has 0 saturated heterocycles. The fourth-order valence-corrected chi connectivity index (χ4v) is 1.28. The maximum Gasteiger partial charge on any atom is 0.523 e. The lowest BCUT2D eigenvalue weighted by Gasteiger charge is -2.06. The topological polar surface area (TPSA) is 85.5 Å². The predicted octanol–water partition coefficient (Wildman–Crippen LogP) is -2.98. The van der Waals surface area contributed by atoms with Crippen molar-refractivity contribution in [2.75, 3.05) is 25.1 Å². The van der Waals surface area contributed by atoms with Crippen LogP contribution in [0, 0.1) is 13.8 Å². The minimum absolute atomic E-state index is 0. The highest BCUT2D eigenvalue weighted by atomic mass is 79.9. The van der Waals surface area contributed by atoms with E-state index in [1.165, 1.54) is 23.8 Å². The number of halogens is 1. The average molecular weight is 323 g/mol. The van der Waals surface area contributed by atoms with Crippen LogP contribution in [0.25, 0.3) is 0 Å². The number of aryl methyl sites for hydroxylation is 2. The van der Waals surface area contributed by atoms with Gasteiger partial charge in [-0.15, -0.1) is 5.43 Å². The molecule has 2 N–H and O–H groups in total. The van der Waals surface area contributed by atoms with Crippen molar-refractivity contribution in [1.82, 2.24) is 4.79 Å². The number of rotatable bonds is 2. The molecule has 9 heteroatoms. The van der Waals surface area contributed by atoms with Crippen LogP contribution in [-0.4, -0.2) is 31.2 Å². The summed E-state index contributed by atoms with van der Waals surface area (Å²) in [5.74, 6) is 0. The van der Waals surface area contributed by atoms with Crippen molar-refractivity contribution in [3.63, 3.8) is 0 Å². The van der Waals surface area contributed by atoms with Crippen LogP contribution in [0.5, 0.6) is 0 Å². The van der Waals surface area contributed by atoms with Crippen LogP contribution in [0.1, 0.15) is 11.4 Å². The Bertz CT molecular complexity index is 408. The van der Waals surface area contributed by atoms with E-state index in [4.69, 9.17) is 0 Å². The molecule has 0 aromatic carbocycles. The third kappa shape index (κ3) is 3.62. The van der Waals surface area contributed by atoms with Crippen LogP contribution in [0.3, 0.4) is 0 Å². The molecule has 0 saturated carbocycles. The second-order valence-corrected chi connectivity index (χ2v) is 3.26. The van der Waals surface area contributed by atoms with Crippen molar-refractivity contribution >= 4 is 12.2 Å². The van der Waals surface area contributed by atoms with Crippen molar-refractivity contribution in [2.45, 2.75) is 13.8 Å². The van der Waals surface area contributed by atoms with Crippen LogP contribution >= 0.6 is 0 Å². The highest BCUT2D eigenvalue weighted by Gasteiger charge is 2.20. The molecule has 0 bridgehead atoms. The Balaban J connectivity index is 0.00000289. The van der Waals surface area contributed by atoms with E-state index in [9.17, 15) is 9.59 Å². The van der Waals surface area contributed by atoms with Gasteiger partial charge in [0.15, 0.2) is 5.69 Å². The van der Waals surface area contributed by atoms with Gasteiger partial charge in [-0.2, -0.15) is 4.79 Å². The minimum Gasteiger partial charge on any atom is -1.00 e. The van der Waals surface area contributed by atoms with Gasteiger partial charge in [0, 0.05) is 13.0 Å². The molecule has 1 heterocycles. The van der Waals surface area contributed by atoms with E-state index in [0.717, 1.165) is 0 Å². The summed E-state index contributed by atoms with van der Waals surface area (Å²) in [5, 5.41) is 0. The number of hydrogen-bond donors (Lipinski definition) is 2. The maximum absolute atomic E-state index is 11.1. The zero-order valence-corrected chi connectivity index (χ0v) is 12.1. The first-order valence-electron chi connectivity index (χ1n) is 4.80. The molecule has 0 fully saturated rings. The molecule has 0 aliphatic carbocycles. The molecule has 0 radical (unpaired) electrons. The first-order chi connectivity index (χ1) is 7.99. The van der Waals surface area contributed by atoms with Gasteiger partial charge in [-0.05, 0) is 16.5 Å². The molecule has 0 aliphatic rings. The third-order valence-electron chi connectivity index (χ3n) is 2.05. The molecule has 1 aromatic rings. The van der Waals surface area contributed by atoms with E-state index in [2.05, 4.69) is 20.3 Å². The molecule has 18 heavy (non-hydrogen) atoms. The quantitative estimate of drug-likeness (QED) is 0.569. The SMILES string of the molecule is COC(=O)Nn1c(C)cc(C)[n+]1NC(=O)OC.[Br-]. The first kappa shape index (κ1) is 16.2. The van der Waals surface area contributed by atoms with E-state index in [1.54, 1.807) is 19.9 Å². The number of aromatic nitrogens is 2. The van der Waals surface area contributed by atoms with Gasteiger partial charge in [0.05, 0.1) is 14.2 Å². The van der Waals surface area contributed by atoms with Crippen LogP contribution in [0.4, 0.5) is 9.59 Å². The van der Waals surface area contributed by atoms with Crippen LogP contribution < -0.4 is 32.6 Å². The lowest BCUT2D eigenvalue weighted by atomic mass is 10.4. The van der Waals surface area contributed by atoms with E-state index in [0.29, 0.717) is 11.4 Å². The van der Waals surface area contributed by atoms with Crippen LogP contribution in [-0.2, 0) is 9.47 Å². The molecule has 8 nitrogen and oxygen atoms in total. The average Bonchev–Trinajstić information content (AvgIpc) is 2.55. The number of nitrogens with zero attached hydrogens (tertiary/aromatic N) is 2. The summed E-state index contributed by atoms with van der Waals surface area (Å²) in [5.41, 5.74) is 6.28. The highest BCUT2D eigenvalue weighted by Crippen LogP contribution is 1.97. The van der Waals surface area contributed by atoms with Crippen LogP contribution in [0.15, 0.2) is 6.07 Å². The molecular weight excluding hydrogens is 308 g/mol. The van der Waals surface area contributed by atoms with Gasteiger partial charge >= 0.3 is 12.2 Å². The molecule has 0 spiro atoms. The molecule has 0 aliphatic heterocycles.